The second kappa shape index (κ2) is 8.23. The average Bonchev–Trinajstić information content (AvgIpc) is 2.59. The van der Waals surface area contributed by atoms with Crippen molar-refractivity contribution < 1.29 is 14.5 Å². The zero-order valence-corrected chi connectivity index (χ0v) is 15.6. The van der Waals surface area contributed by atoms with Crippen molar-refractivity contribution in [3.05, 3.63) is 24.5 Å². The first-order chi connectivity index (χ1) is 12.0. The largest absolute Gasteiger partial charge is 0.491 e. The summed E-state index contributed by atoms with van der Waals surface area (Å²) < 4.78 is 5.75. The maximum absolute atomic E-state index is 9.06. The highest BCUT2D eigenvalue weighted by atomic mass is 31.2. The third-order valence-corrected chi connectivity index (χ3v) is 4.85. The molecule has 1 aliphatic rings. The molecule has 8 heteroatoms. The summed E-state index contributed by atoms with van der Waals surface area (Å²) in [6.45, 7) is 8.26. The molecule has 0 spiro atoms. The van der Waals surface area contributed by atoms with Gasteiger partial charge in [-0.25, -0.2) is 9.97 Å². The summed E-state index contributed by atoms with van der Waals surface area (Å²) in [5, 5.41) is 1.03. The predicted octanol–water partition coefficient (Wildman–Crippen LogP) is 1.84. The van der Waals surface area contributed by atoms with Crippen molar-refractivity contribution >= 4 is 25.1 Å². The van der Waals surface area contributed by atoms with E-state index in [1.165, 1.54) is 0 Å². The predicted molar refractivity (Wildman–Crippen MR) is 100 cm³/mol. The molecule has 25 heavy (non-hydrogen) atoms. The minimum Gasteiger partial charge on any atom is -0.491 e. The zero-order valence-electron chi connectivity index (χ0n) is 14.7. The van der Waals surface area contributed by atoms with Gasteiger partial charge in [0, 0.05) is 50.3 Å². The first kappa shape index (κ1) is 18.3. The van der Waals surface area contributed by atoms with E-state index in [0.717, 1.165) is 55.2 Å². The SMILES string of the molecule is CC(C)Oc1ccc2c(N3CCN(CCP(O)O)CC3)ncnc2c1. The van der Waals surface area contributed by atoms with E-state index < -0.39 is 8.38 Å². The lowest BCUT2D eigenvalue weighted by Gasteiger charge is -2.35. The number of rotatable bonds is 6. The Hall–Kier alpha value is -1.53. The van der Waals surface area contributed by atoms with Crippen LogP contribution in [0.3, 0.4) is 0 Å². The fraction of sp³-hybridized carbons (Fsp3) is 0.529. The van der Waals surface area contributed by atoms with Gasteiger partial charge in [0.1, 0.15) is 17.9 Å². The maximum Gasteiger partial charge on any atom is 0.166 e. The van der Waals surface area contributed by atoms with Crippen LogP contribution in [0.1, 0.15) is 13.8 Å². The molecule has 1 aromatic carbocycles. The van der Waals surface area contributed by atoms with Gasteiger partial charge in [-0.2, -0.15) is 0 Å². The van der Waals surface area contributed by atoms with E-state index in [9.17, 15) is 0 Å². The van der Waals surface area contributed by atoms with E-state index in [2.05, 4.69) is 19.8 Å². The highest BCUT2D eigenvalue weighted by Gasteiger charge is 2.20. The summed E-state index contributed by atoms with van der Waals surface area (Å²) in [6.07, 6.45) is 2.18. The van der Waals surface area contributed by atoms with E-state index in [4.69, 9.17) is 14.5 Å². The van der Waals surface area contributed by atoms with E-state index in [-0.39, 0.29) is 6.10 Å². The van der Waals surface area contributed by atoms with Gasteiger partial charge < -0.3 is 19.4 Å². The number of aromatic nitrogens is 2. The van der Waals surface area contributed by atoms with Crippen molar-refractivity contribution in [3.63, 3.8) is 0 Å². The second-order valence-corrected chi connectivity index (χ2v) is 7.66. The summed E-state index contributed by atoms with van der Waals surface area (Å²) in [6, 6.07) is 5.96. The number of anilines is 1. The molecule has 1 aliphatic heterocycles. The van der Waals surface area contributed by atoms with Crippen molar-refractivity contribution in [2.24, 2.45) is 0 Å². The number of piperazine rings is 1. The average molecular weight is 364 g/mol. The van der Waals surface area contributed by atoms with Gasteiger partial charge in [-0.15, -0.1) is 0 Å². The Labute approximate surface area is 149 Å². The van der Waals surface area contributed by atoms with Crippen molar-refractivity contribution in [1.29, 1.82) is 0 Å². The Kier molecular flexibility index (Phi) is 6.02. The summed E-state index contributed by atoms with van der Waals surface area (Å²) in [5.74, 6) is 1.77. The van der Waals surface area contributed by atoms with Gasteiger partial charge in [-0.05, 0) is 26.0 Å². The molecule has 1 fully saturated rings. The van der Waals surface area contributed by atoms with Crippen molar-refractivity contribution in [1.82, 2.24) is 14.9 Å². The molecule has 3 rings (SSSR count). The summed E-state index contributed by atoms with van der Waals surface area (Å²) >= 11 is 0. The van der Waals surface area contributed by atoms with Gasteiger partial charge in [0.05, 0.1) is 11.6 Å². The molecule has 136 valence electrons. The van der Waals surface area contributed by atoms with E-state index in [1.54, 1.807) is 6.33 Å². The van der Waals surface area contributed by atoms with Crippen LogP contribution in [0, 0.1) is 0 Å². The van der Waals surface area contributed by atoms with Crippen LogP contribution < -0.4 is 9.64 Å². The molecule has 1 saturated heterocycles. The summed E-state index contributed by atoms with van der Waals surface area (Å²) in [7, 11) is -1.80. The van der Waals surface area contributed by atoms with Crippen LogP contribution in [0.5, 0.6) is 5.75 Å². The smallest absolute Gasteiger partial charge is 0.166 e. The summed E-state index contributed by atoms with van der Waals surface area (Å²) in [5.41, 5.74) is 0.886. The molecular weight excluding hydrogens is 339 g/mol. The lowest BCUT2D eigenvalue weighted by Crippen LogP contribution is -2.47. The minimum atomic E-state index is -1.80. The Bertz CT molecular complexity index is 705. The van der Waals surface area contributed by atoms with Crippen molar-refractivity contribution in [2.75, 3.05) is 43.8 Å². The molecule has 2 aromatic rings. The Balaban J connectivity index is 1.71. The number of fused-ring (bicyclic) bond motifs is 1. The third-order valence-electron chi connectivity index (χ3n) is 4.25. The van der Waals surface area contributed by atoms with Crippen LogP contribution in [-0.2, 0) is 0 Å². The van der Waals surface area contributed by atoms with Crippen LogP contribution in [0.25, 0.3) is 10.9 Å². The van der Waals surface area contributed by atoms with Gasteiger partial charge in [0.25, 0.3) is 0 Å². The molecule has 2 heterocycles. The molecule has 0 radical (unpaired) electrons. The number of hydrogen-bond acceptors (Lipinski definition) is 7. The highest BCUT2D eigenvalue weighted by molar-refractivity contribution is 7.45. The van der Waals surface area contributed by atoms with Gasteiger partial charge in [-0.3, -0.25) is 4.90 Å². The lowest BCUT2D eigenvalue weighted by molar-refractivity contribution is 0.242. The molecular formula is C17H25N4O3P. The topological polar surface area (TPSA) is 82.0 Å². The molecule has 7 nitrogen and oxygen atoms in total. The standard InChI is InChI=1S/C17H25N4O3P/c1-13(2)24-14-3-4-15-16(11-14)18-12-19-17(15)21-7-5-20(6-8-21)9-10-25(22)23/h3-4,11-13,22-23H,5-10H2,1-2H3. The number of nitrogens with zero attached hydrogens (tertiary/aromatic N) is 4. The second-order valence-electron chi connectivity index (χ2n) is 6.47. The van der Waals surface area contributed by atoms with Crippen LogP contribution in [0.2, 0.25) is 0 Å². The van der Waals surface area contributed by atoms with Crippen LogP contribution in [0.4, 0.5) is 5.82 Å². The first-order valence-electron chi connectivity index (χ1n) is 8.57. The van der Waals surface area contributed by atoms with E-state index >= 15 is 0 Å². The molecule has 0 amide bonds. The van der Waals surface area contributed by atoms with Crippen molar-refractivity contribution in [2.45, 2.75) is 20.0 Å². The number of hydrogen-bond donors (Lipinski definition) is 2. The highest BCUT2D eigenvalue weighted by Crippen LogP contribution is 2.28. The monoisotopic (exact) mass is 364 g/mol. The molecule has 0 bridgehead atoms. The van der Waals surface area contributed by atoms with Crippen LogP contribution in [-0.4, -0.2) is 69.6 Å². The fourth-order valence-corrected chi connectivity index (χ4v) is 3.50. The zero-order chi connectivity index (χ0) is 17.8. The quantitative estimate of drug-likeness (QED) is 0.757. The Morgan fingerprint density at radius 1 is 1.16 bits per heavy atom. The molecule has 1 aromatic heterocycles. The Morgan fingerprint density at radius 3 is 2.60 bits per heavy atom. The fourth-order valence-electron chi connectivity index (χ4n) is 3.03. The van der Waals surface area contributed by atoms with E-state index in [1.807, 2.05) is 32.0 Å². The summed E-state index contributed by atoms with van der Waals surface area (Å²) in [4.78, 5) is 31.5. The Morgan fingerprint density at radius 2 is 1.92 bits per heavy atom. The molecule has 0 unspecified atom stereocenters. The molecule has 0 aliphatic carbocycles. The van der Waals surface area contributed by atoms with Crippen LogP contribution in [0.15, 0.2) is 24.5 Å². The lowest BCUT2D eigenvalue weighted by atomic mass is 10.2. The third kappa shape index (κ3) is 4.76. The van der Waals surface area contributed by atoms with Gasteiger partial charge in [0.15, 0.2) is 8.38 Å². The molecule has 0 atom stereocenters. The number of benzene rings is 1. The normalized spacial score (nSPS) is 16.2. The van der Waals surface area contributed by atoms with E-state index in [0.29, 0.717) is 6.16 Å². The molecule has 0 saturated carbocycles. The van der Waals surface area contributed by atoms with Gasteiger partial charge >= 0.3 is 0 Å². The molecule has 2 N–H and O–H groups in total. The first-order valence-corrected chi connectivity index (χ1v) is 10.00. The van der Waals surface area contributed by atoms with Gasteiger partial charge in [-0.1, -0.05) is 0 Å². The van der Waals surface area contributed by atoms with Gasteiger partial charge in [0.2, 0.25) is 0 Å². The maximum atomic E-state index is 9.06. The minimum absolute atomic E-state index is 0.130. The number of ether oxygens (including phenoxy) is 1. The van der Waals surface area contributed by atoms with Crippen LogP contribution >= 0.6 is 8.38 Å². The van der Waals surface area contributed by atoms with Crippen molar-refractivity contribution in [3.8, 4) is 5.75 Å².